The molecular formula is C9H16O2. The van der Waals surface area contributed by atoms with Crippen molar-refractivity contribution in [1.29, 1.82) is 0 Å². The van der Waals surface area contributed by atoms with Gasteiger partial charge in [-0.1, -0.05) is 0 Å². The Balaban J connectivity index is 2.31. The van der Waals surface area contributed by atoms with E-state index in [9.17, 15) is 0 Å². The van der Waals surface area contributed by atoms with Crippen molar-refractivity contribution in [3.8, 4) is 0 Å². The Morgan fingerprint density at radius 3 is 3.00 bits per heavy atom. The van der Waals surface area contributed by atoms with E-state index >= 15 is 0 Å². The van der Waals surface area contributed by atoms with E-state index in [4.69, 9.17) is 13.6 Å². The molecule has 2 aliphatic rings. The summed E-state index contributed by atoms with van der Waals surface area (Å²) in [6.45, 7) is 1.36. The van der Waals surface area contributed by atoms with Gasteiger partial charge in [0.05, 0.1) is 11.7 Å². The van der Waals surface area contributed by atoms with E-state index in [1.165, 1.54) is 0 Å². The summed E-state index contributed by atoms with van der Waals surface area (Å²) >= 11 is 0. The van der Waals surface area contributed by atoms with Crippen molar-refractivity contribution in [3.63, 3.8) is 0 Å². The number of ether oxygens (including phenoxy) is 2. The van der Waals surface area contributed by atoms with Crippen LogP contribution in [-0.2, 0) is 9.47 Å². The van der Waals surface area contributed by atoms with Crippen molar-refractivity contribution < 1.29 is 13.6 Å². The SMILES string of the molecule is [2H]C([2H])([2H])[C@]1(C)OC2(C)CCCC1O2. The maximum Gasteiger partial charge on any atom is 0.166 e. The topological polar surface area (TPSA) is 18.5 Å². The Bertz CT molecular complexity index is 253. The molecule has 0 aromatic heterocycles. The highest BCUT2D eigenvalue weighted by atomic mass is 16.8. The molecule has 0 spiro atoms. The van der Waals surface area contributed by atoms with Crippen LogP contribution in [0.15, 0.2) is 0 Å². The van der Waals surface area contributed by atoms with Crippen molar-refractivity contribution in [2.24, 2.45) is 0 Å². The van der Waals surface area contributed by atoms with E-state index in [2.05, 4.69) is 0 Å². The minimum Gasteiger partial charge on any atom is -0.344 e. The first-order valence-electron chi connectivity index (χ1n) is 5.65. The van der Waals surface area contributed by atoms with Gasteiger partial charge in [0.1, 0.15) is 0 Å². The molecule has 0 amide bonds. The highest BCUT2D eigenvalue weighted by Gasteiger charge is 2.51. The van der Waals surface area contributed by atoms with Gasteiger partial charge in [-0.25, -0.2) is 0 Å². The van der Waals surface area contributed by atoms with Crippen LogP contribution in [0.3, 0.4) is 0 Å². The highest BCUT2D eigenvalue weighted by Crippen LogP contribution is 2.44. The van der Waals surface area contributed by atoms with Crippen LogP contribution in [0.25, 0.3) is 0 Å². The smallest absolute Gasteiger partial charge is 0.166 e. The summed E-state index contributed by atoms with van der Waals surface area (Å²) in [5.74, 6) is -0.675. The molecule has 0 aliphatic carbocycles. The Hall–Kier alpha value is -0.0800. The average molecular weight is 159 g/mol. The molecule has 2 rings (SSSR count). The Morgan fingerprint density at radius 2 is 2.36 bits per heavy atom. The molecule has 0 saturated carbocycles. The summed E-state index contributed by atoms with van der Waals surface area (Å²) in [5.41, 5.74) is -1.13. The zero-order valence-electron chi connectivity index (χ0n) is 10.0. The lowest BCUT2D eigenvalue weighted by Gasteiger charge is -2.26. The van der Waals surface area contributed by atoms with Gasteiger partial charge >= 0.3 is 0 Å². The van der Waals surface area contributed by atoms with Crippen molar-refractivity contribution >= 4 is 0 Å². The molecule has 2 heteroatoms. The van der Waals surface area contributed by atoms with Crippen molar-refractivity contribution in [2.75, 3.05) is 0 Å². The van der Waals surface area contributed by atoms with Crippen LogP contribution in [-0.4, -0.2) is 17.5 Å². The molecule has 2 saturated heterocycles. The van der Waals surface area contributed by atoms with E-state index in [0.29, 0.717) is 0 Å². The molecular weight excluding hydrogens is 140 g/mol. The van der Waals surface area contributed by atoms with Gasteiger partial charge in [0.15, 0.2) is 5.79 Å². The normalized spacial score (nSPS) is 61.6. The van der Waals surface area contributed by atoms with E-state index in [0.717, 1.165) is 19.3 Å². The van der Waals surface area contributed by atoms with Gasteiger partial charge in [-0.3, -0.25) is 0 Å². The molecule has 0 N–H and O–H groups in total. The van der Waals surface area contributed by atoms with E-state index < -0.39 is 18.2 Å². The molecule has 2 heterocycles. The lowest BCUT2D eigenvalue weighted by atomic mass is 9.96. The van der Waals surface area contributed by atoms with Crippen LogP contribution >= 0.6 is 0 Å². The summed E-state index contributed by atoms with van der Waals surface area (Å²) in [6.07, 6.45) is 2.26. The lowest BCUT2D eigenvalue weighted by molar-refractivity contribution is -0.186. The van der Waals surface area contributed by atoms with Gasteiger partial charge in [0.25, 0.3) is 0 Å². The van der Waals surface area contributed by atoms with Gasteiger partial charge in [0.2, 0.25) is 0 Å². The third-order valence-electron chi connectivity index (χ3n) is 2.53. The van der Waals surface area contributed by atoms with Gasteiger partial charge in [0, 0.05) is 10.5 Å². The van der Waals surface area contributed by atoms with Crippen molar-refractivity contribution in [2.45, 2.75) is 57.5 Å². The molecule has 2 aliphatic heterocycles. The number of fused-ring (bicyclic) bond motifs is 2. The minimum atomic E-state index is -2.11. The number of rotatable bonds is 0. The maximum atomic E-state index is 7.49. The van der Waals surface area contributed by atoms with Crippen LogP contribution < -0.4 is 0 Å². The van der Waals surface area contributed by atoms with Crippen molar-refractivity contribution in [3.05, 3.63) is 0 Å². The average Bonchev–Trinajstić information content (AvgIpc) is 2.18. The Morgan fingerprint density at radius 1 is 1.55 bits per heavy atom. The van der Waals surface area contributed by atoms with Crippen LogP contribution in [0.2, 0.25) is 0 Å². The molecule has 0 aromatic carbocycles. The quantitative estimate of drug-likeness (QED) is 0.538. The highest BCUT2D eigenvalue weighted by molar-refractivity contribution is 4.94. The first-order valence-corrected chi connectivity index (χ1v) is 4.15. The van der Waals surface area contributed by atoms with Crippen molar-refractivity contribution in [1.82, 2.24) is 0 Å². The number of hydrogen-bond donors (Lipinski definition) is 0. The first kappa shape index (κ1) is 4.83. The lowest BCUT2D eigenvalue weighted by Crippen LogP contribution is -2.32. The Kier molecular flexibility index (Phi) is 0.873. The fourth-order valence-corrected chi connectivity index (χ4v) is 2.00. The predicted octanol–water partition coefficient (Wildman–Crippen LogP) is 2.08. The molecule has 3 atom stereocenters. The second-order valence-corrected chi connectivity index (χ2v) is 3.84. The summed E-state index contributed by atoms with van der Waals surface area (Å²) < 4.78 is 33.8. The standard InChI is InChI=1S/C9H16O2/c1-8(2)7-5-4-6-9(3,10-7)11-8/h7H,4-6H2,1-3H3/i1D3/t7?,8-,9?/m1/s1. The zero-order valence-corrected chi connectivity index (χ0v) is 7.02. The molecule has 11 heavy (non-hydrogen) atoms. The summed E-state index contributed by atoms with van der Waals surface area (Å²) in [6, 6.07) is 0. The van der Waals surface area contributed by atoms with Gasteiger partial charge in [-0.2, -0.15) is 0 Å². The molecule has 0 aromatic rings. The minimum absolute atomic E-state index is 0.284. The number of hydrogen-bond acceptors (Lipinski definition) is 2. The van der Waals surface area contributed by atoms with Gasteiger partial charge < -0.3 is 9.47 Å². The summed E-state index contributed by atoms with van der Waals surface area (Å²) in [5, 5.41) is 0. The fourth-order valence-electron chi connectivity index (χ4n) is 2.00. The third kappa shape index (κ3) is 1.09. The van der Waals surface area contributed by atoms with Gasteiger partial charge in [-0.05, 0) is 33.5 Å². The monoisotopic (exact) mass is 159 g/mol. The Labute approximate surface area is 72.1 Å². The van der Waals surface area contributed by atoms with Gasteiger partial charge in [-0.15, -0.1) is 0 Å². The predicted molar refractivity (Wildman–Crippen MR) is 42.3 cm³/mol. The zero-order chi connectivity index (χ0) is 10.6. The second kappa shape index (κ2) is 1.99. The van der Waals surface area contributed by atoms with E-state index in [1.807, 2.05) is 6.92 Å². The molecule has 2 nitrogen and oxygen atoms in total. The van der Waals surface area contributed by atoms with E-state index in [-0.39, 0.29) is 6.10 Å². The molecule has 0 radical (unpaired) electrons. The van der Waals surface area contributed by atoms with Crippen LogP contribution in [0.5, 0.6) is 0 Å². The van der Waals surface area contributed by atoms with Crippen LogP contribution in [0.1, 0.15) is 44.1 Å². The molecule has 64 valence electrons. The second-order valence-electron chi connectivity index (χ2n) is 3.84. The molecule has 2 unspecified atom stereocenters. The van der Waals surface area contributed by atoms with Crippen LogP contribution in [0, 0.1) is 0 Å². The van der Waals surface area contributed by atoms with E-state index in [1.54, 1.807) is 6.92 Å². The third-order valence-corrected chi connectivity index (χ3v) is 2.53. The van der Waals surface area contributed by atoms with Crippen LogP contribution in [0.4, 0.5) is 0 Å². The summed E-state index contributed by atoms with van der Waals surface area (Å²) in [7, 11) is 0. The fraction of sp³-hybridized carbons (Fsp3) is 1.00. The largest absolute Gasteiger partial charge is 0.344 e. The molecule has 2 bridgehead atoms. The summed E-state index contributed by atoms with van der Waals surface area (Å²) in [4.78, 5) is 0. The maximum absolute atomic E-state index is 7.49. The first-order chi connectivity index (χ1) is 6.27. The molecule has 2 fully saturated rings.